The van der Waals surface area contributed by atoms with E-state index < -0.39 is 24.4 Å². The number of carbonyl (C=O) groups is 1. The lowest BCUT2D eigenvalue weighted by Crippen LogP contribution is -2.50. The van der Waals surface area contributed by atoms with Crippen LogP contribution in [0.25, 0.3) is 0 Å². The Kier molecular flexibility index (Phi) is 9.43. The molecule has 1 N–H and O–H groups in total. The average Bonchev–Trinajstić information content (AvgIpc) is 3.39. The maximum atomic E-state index is 13.3. The zero-order valence-electron chi connectivity index (χ0n) is 21.1. The van der Waals surface area contributed by atoms with Gasteiger partial charge in [-0.1, -0.05) is 24.3 Å². The minimum Gasteiger partial charge on any atom is -0.434 e. The van der Waals surface area contributed by atoms with E-state index in [1.165, 1.54) is 18.2 Å². The Bertz CT molecular complexity index is 1050. The van der Waals surface area contributed by atoms with Gasteiger partial charge in [0.25, 0.3) is 0 Å². The summed E-state index contributed by atoms with van der Waals surface area (Å²) in [7, 11) is 0. The Morgan fingerprint density at radius 3 is 2.39 bits per heavy atom. The van der Waals surface area contributed by atoms with Gasteiger partial charge in [0.15, 0.2) is 0 Å². The molecule has 11 heteroatoms. The van der Waals surface area contributed by atoms with Crippen molar-refractivity contribution < 1.29 is 31.5 Å². The lowest BCUT2D eigenvalue weighted by atomic mass is 10.0. The number of carbonyl (C=O) groups excluding carboxylic acids is 1. The number of hydrogen-bond acceptors (Lipinski definition) is 4. The number of urea groups is 1. The molecule has 2 amide bonds. The first-order valence-corrected chi connectivity index (χ1v) is 12.9. The van der Waals surface area contributed by atoms with Gasteiger partial charge in [0.05, 0.1) is 5.56 Å². The van der Waals surface area contributed by atoms with Gasteiger partial charge >= 0.3 is 18.8 Å². The minimum absolute atomic E-state index is 0.0905. The number of anilines is 1. The molecule has 2 aromatic rings. The summed E-state index contributed by atoms with van der Waals surface area (Å²) in [5, 5.41) is 2.67. The third-order valence-electron chi connectivity index (χ3n) is 7.14. The topological polar surface area (TPSA) is 48.1 Å². The van der Waals surface area contributed by atoms with Crippen LogP contribution >= 0.6 is 0 Å². The minimum atomic E-state index is -4.50. The lowest BCUT2D eigenvalue weighted by molar-refractivity contribution is -0.137. The smallest absolute Gasteiger partial charge is 0.416 e. The number of halogens is 5. The fourth-order valence-electron chi connectivity index (χ4n) is 5.15. The molecule has 2 saturated heterocycles. The van der Waals surface area contributed by atoms with E-state index in [4.69, 9.17) is 0 Å². The van der Waals surface area contributed by atoms with Crippen LogP contribution in [0.15, 0.2) is 48.5 Å². The first-order valence-electron chi connectivity index (χ1n) is 12.9. The summed E-state index contributed by atoms with van der Waals surface area (Å²) in [6.45, 7) is 1.95. The van der Waals surface area contributed by atoms with E-state index in [1.54, 1.807) is 23.1 Å². The van der Waals surface area contributed by atoms with Crippen molar-refractivity contribution in [3.63, 3.8) is 0 Å². The van der Waals surface area contributed by atoms with Crippen molar-refractivity contribution >= 4 is 11.7 Å². The molecular weight excluding hydrogens is 507 g/mol. The Morgan fingerprint density at radius 2 is 1.71 bits per heavy atom. The summed E-state index contributed by atoms with van der Waals surface area (Å²) in [5.74, 6) is 0.150. The summed E-state index contributed by atoms with van der Waals surface area (Å²) in [5.41, 5.74) is -0.0492. The zero-order valence-corrected chi connectivity index (χ0v) is 21.1. The number of nitrogens with one attached hydrogen (secondary N) is 1. The summed E-state index contributed by atoms with van der Waals surface area (Å²) >= 11 is 0. The number of likely N-dealkylation sites (tertiary alicyclic amines) is 2. The van der Waals surface area contributed by atoms with Gasteiger partial charge in [-0.25, -0.2) is 4.79 Å². The van der Waals surface area contributed by atoms with Crippen molar-refractivity contribution in [1.29, 1.82) is 0 Å². The average molecular weight is 541 g/mol. The van der Waals surface area contributed by atoms with E-state index in [0.29, 0.717) is 51.1 Å². The molecule has 4 rings (SSSR count). The van der Waals surface area contributed by atoms with Crippen LogP contribution in [0, 0.1) is 0 Å². The summed E-state index contributed by atoms with van der Waals surface area (Å²) < 4.78 is 69.7. The maximum Gasteiger partial charge on any atom is 0.416 e. The second kappa shape index (κ2) is 12.8. The molecule has 0 spiro atoms. The van der Waals surface area contributed by atoms with Gasteiger partial charge in [0, 0.05) is 50.0 Å². The fourth-order valence-corrected chi connectivity index (χ4v) is 5.15. The van der Waals surface area contributed by atoms with Crippen LogP contribution in [0.2, 0.25) is 0 Å². The monoisotopic (exact) mass is 540 g/mol. The molecule has 0 aliphatic carbocycles. The van der Waals surface area contributed by atoms with Crippen molar-refractivity contribution in [1.82, 2.24) is 14.7 Å². The van der Waals surface area contributed by atoms with Crippen molar-refractivity contribution in [2.75, 3.05) is 44.6 Å². The van der Waals surface area contributed by atoms with E-state index in [0.717, 1.165) is 38.1 Å². The number of rotatable bonds is 9. The van der Waals surface area contributed by atoms with Gasteiger partial charge in [-0.2, -0.15) is 22.0 Å². The molecule has 2 aromatic carbocycles. The van der Waals surface area contributed by atoms with Crippen LogP contribution in [-0.4, -0.2) is 72.7 Å². The first-order chi connectivity index (χ1) is 18.2. The number of ether oxygens (including phenoxy) is 1. The highest BCUT2D eigenvalue weighted by molar-refractivity contribution is 5.89. The predicted molar refractivity (Wildman–Crippen MR) is 134 cm³/mol. The quantitative estimate of drug-likeness (QED) is 0.403. The molecule has 0 unspecified atom stereocenters. The van der Waals surface area contributed by atoms with Crippen LogP contribution in [0.4, 0.5) is 32.4 Å². The Hall–Kier alpha value is -2.92. The molecule has 0 radical (unpaired) electrons. The number of alkyl halides is 5. The second-order valence-electron chi connectivity index (χ2n) is 9.74. The van der Waals surface area contributed by atoms with Gasteiger partial charge in [0.1, 0.15) is 5.75 Å². The molecule has 0 saturated carbocycles. The predicted octanol–water partition coefficient (Wildman–Crippen LogP) is 5.90. The van der Waals surface area contributed by atoms with Gasteiger partial charge < -0.3 is 19.9 Å². The van der Waals surface area contributed by atoms with Crippen molar-refractivity contribution in [2.24, 2.45) is 0 Å². The fraction of sp³-hybridized carbons (Fsp3) is 0.519. The van der Waals surface area contributed by atoms with Crippen LogP contribution in [0.1, 0.15) is 36.8 Å². The number of benzene rings is 2. The van der Waals surface area contributed by atoms with Crippen LogP contribution < -0.4 is 10.1 Å². The van der Waals surface area contributed by atoms with E-state index >= 15 is 0 Å². The zero-order chi connectivity index (χ0) is 27.1. The van der Waals surface area contributed by atoms with E-state index in [2.05, 4.69) is 19.9 Å². The molecule has 0 aromatic heterocycles. The summed E-state index contributed by atoms with van der Waals surface area (Å²) in [6.07, 6.45) is -0.944. The first kappa shape index (κ1) is 28.1. The molecule has 2 aliphatic heterocycles. The SMILES string of the molecule is O=C(Nc1cccc(C(F)(F)F)c1)N(CCN1CCCC1)C1CCN(Cc2ccccc2OC(F)F)CC1. The van der Waals surface area contributed by atoms with Gasteiger partial charge in [-0.15, -0.1) is 0 Å². The summed E-state index contributed by atoms with van der Waals surface area (Å²) in [6, 6.07) is 10.8. The van der Waals surface area contributed by atoms with Gasteiger partial charge in [0.2, 0.25) is 0 Å². The molecule has 6 nitrogen and oxygen atoms in total. The maximum absolute atomic E-state index is 13.3. The van der Waals surface area contributed by atoms with Crippen molar-refractivity contribution in [3.05, 3.63) is 59.7 Å². The van der Waals surface area contributed by atoms with Crippen LogP contribution in [0.5, 0.6) is 5.75 Å². The Balaban J connectivity index is 1.40. The number of amides is 2. The number of nitrogens with zero attached hydrogens (tertiary/aromatic N) is 3. The molecule has 2 fully saturated rings. The summed E-state index contributed by atoms with van der Waals surface area (Å²) in [4.78, 5) is 19.5. The van der Waals surface area contributed by atoms with E-state index in [9.17, 15) is 26.7 Å². The molecular formula is C27H33F5N4O2. The van der Waals surface area contributed by atoms with E-state index in [-0.39, 0.29) is 17.5 Å². The molecule has 2 aliphatic rings. The third-order valence-corrected chi connectivity index (χ3v) is 7.14. The normalized spacial score (nSPS) is 17.6. The molecule has 2 heterocycles. The van der Waals surface area contributed by atoms with Crippen molar-refractivity contribution in [2.45, 2.75) is 51.1 Å². The molecule has 208 valence electrons. The van der Waals surface area contributed by atoms with E-state index in [1.807, 2.05) is 0 Å². The van der Waals surface area contributed by atoms with Gasteiger partial charge in [-0.05, 0) is 63.0 Å². The lowest BCUT2D eigenvalue weighted by Gasteiger charge is -2.39. The Labute approximate surface area is 219 Å². The molecule has 0 bridgehead atoms. The number of piperidine rings is 1. The van der Waals surface area contributed by atoms with Gasteiger partial charge in [-0.3, -0.25) is 4.90 Å². The standard InChI is InChI=1S/C27H33F5N4O2/c28-25(29)38-24-9-2-1-6-20(24)19-35-14-10-23(11-15-35)36(17-16-34-12-3-4-13-34)26(37)33-22-8-5-7-21(18-22)27(30,31)32/h1-2,5-9,18,23,25H,3-4,10-17,19H2,(H,33,37). The highest BCUT2D eigenvalue weighted by atomic mass is 19.4. The second-order valence-corrected chi connectivity index (χ2v) is 9.74. The van der Waals surface area contributed by atoms with Crippen LogP contribution in [0.3, 0.4) is 0 Å². The number of hydrogen-bond donors (Lipinski definition) is 1. The third kappa shape index (κ3) is 7.80. The molecule has 38 heavy (non-hydrogen) atoms. The largest absolute Gasteiger partial charge is 0.434 e. The van der Waals surface area contributed by atoms with Crippen LogP contribution in [-0.2, 0) is 12.7 Å². The highest BCUT2D eigenvalue weighted by Gasteiger charge is 2.32. The van der Waals surface area contributed by atoms with Crippen molar-refractivity contribution in [3.8, 4) is 5.75 Å². The highest BCUT2D eigenvalue weighted by Crippen LogP contribution is 2.31. The molecule has 0 atom stereocenters. The Morgan fingerprint density at radius 1 is 1.00 bits per heavy atom. The number of para-hydroxylation sites is 1.